The number of rotatable bonds is 2. The van der Waals surface area contributed by atoms with Crippen molar-refractivity contribution >= 4 is 22.1 Å². The van der Waals surface area contributed by atoms with Gasteiger partial charge in [-0.15, -0.1) is 0 Å². The first-order valence-electron chi connectivity index (χ1n) is 7.22. The van der Waals surface area contributed by atoms with Crippen LogP contribution in [0.4, 0.5) is 4.79 Å². The Hall–Kier alpha value is -1.49. The molecule has 2 rings (SSSR count). The molecular weight excluding hydrogens is 282 g/mol. The van der Waals surface area contributed by atoms with Crippen molar-refractivity contribution in [1.82, 2.24) is 10.2 Å². The molecule has 0 aliphatic carbocycles. The van der Waals surface area contributed by atoms with Crippen molar-refractivity contribution in [2.75, 3.05) is 5.88 Å². The topological polar surface area (TPSA) is 44.7 Å². The largest absolute Gasteiger partial charge is 0.333 e. The molecule has 1 aromatic rings. The lowest BCUT2D eigenvalue weighted by Crippen LogP contribution is -2.57. The maximum Gasteiger partial charge on any atom is 0.333 e. The second kappa shape index (κ2) is 6.10. The zero-order valence-electron chi connectivity index (χ0n) is 13.4. The summed E-state index contributed by atoms with van der Waals surface area (Å²) in [5.74, 6) is 0.626. The summed E-state index contributed by atoms with van der Waals surface area (Å²) in [6.07, 6.45) is 0. The van der Waals surface area contributed by atoms with Crippen LogP contribution < -0.4 is 5.32 Å². The molecule has 1 N–H and O–H groups in total. The molecule has 0 aromatic heterocycles. The fourth-order valence-corrected chi connectivity index (χ4v) is 4.29. The normalized spacial score (nSPS) is 21.8. The van der Waals surface area contributed by atoms with Crippen molar-refractivity contribution in [1.29, 1.82) is 0 Å². The third-order valence-electron chi connectivity index (χ3n) is 2.99. The standard InChI is InChI=1S/C16H23N3OS/c1-12(2)19-14(20)17-11-21(13-9-7-6-8-10-13)15(19)18-16(3,4)5/h6-10,12H,11H2,1-5H3/p+1. The Morgan fingerprint density at radius 1 is 1.24 bits per heavy atom. The van der Waals surface area contributed by atoms with Crippen LogP contribution in [0.5, 0.6) is 0 Å². The van der Waals surface area contributed by atoms with Crippen LogP contribution in [0.1, 0.15) is 34.6 Å². The first-order valence-corrected chi connectivity index (χ1v) is 8.62. The smallest absolute Gasteiger partial charge is 0.294 e. The number of urea groups is 1. The minimum Gasteiger partial charge on any atom is -0.294 e. The van der Waals surface area contributed by atoms with Gasteiger partial charge in [0.2, 0.25) is 0 Å². The van der Waals surface area contributed by atoms with Gasteiger partial charge in [0.05, 0.1) is 5.54 Å². The molecule has 1 aliphatic heterocycles. The average Bonchev–Trinajstić information content (AvgIpc) is 2.37. The number of amidine groups is 1. The third-order valence-corrected chi connectivity index (χ3v) is 4.99. The zero-order valence-corrected chi connectivity index (χ0v) is 14.2. The Morgan fingerprint density at radius 3 is 2.38 bits per heavy atom. The van der Waals surface area contributed by atoms with Crippen molar-refractivity contribution in [3.8, 4) is 0 Å². The van der Waals surface area contributed by atoms with Crippen LogP contribution in [0.3, 0.4) is 0 Å². The van der Waals surface area contributed by atoms with E-state index in [0.29, 0.717) is 5.88 Å². The second-order valence-electron chi connectivity index (χ2n) is 6.36. The lowest BCUT2D eigenvalue weighted by Gasteiger charge is -2.31. The fourth-order valence-electron chi connectivity index (χ4n) is 2.11. The summed E-state index contributed by atoms with van der Waals surface area (Å²) in [5.41, 5.74) is -0.208. The monoisotopic (exact) mass is 306 g/mol. The molecule has 1 aliphatic rings. The first-order chi connectivity index (χ1) is 9.79. The average molecular weight is 306 g/mol. The molecular formula is C16H24N3OS+. The Bertz CT molecular complexity index is 534. The maximum absolute atomic E-state index is 12.2. The van der Waals surface area contributed by atoms with Crippen molar-refractivity contribution in [2.24, 2.45) is 4.99 Å². The van der Waals surface area contributed by atoms with E-state index < -0.39 is 0 Å². The molecule has 1 aromatic carbocycles. The minimum absolute atomic E-state index is 0.0484. The van der Waals surface area contributed by atoms with Crippen LogP contribution in [0.15, 0.2) is 40.2 Å². The Kier molecular flexibility index (Phi) is 4.61. The summed E-state index contributed by atoms with van der Waals surface area (Å²) in [4.78, 5) is 20.1. The summed E-state index contributed by atoms with van der Waals surface area (Å²) in [6, 6.07) is 10.3. The summed E-state index contributed by atoms with van der Waals surface area (Å²) in [5, 5.41) is 3.89. The van der Waals surface area contributed by atoms with E-state index in [1.807, 2.05) is 32.0 Å². The highest BCUT2D eigenvalue weighted by Crippen LogP contribution is 2.24. The van der Waals surface area contributed by atoms with E-state index in [1.54, 1.807) is 4.90 Å². The molecule has 5 heteroatoms. The predicted molar refractivity (Wildman–Crippen MR) is 89.6 cm³/mol. The molecule has 0 spiro atoms. The molecule has 1 saturated heterocycles. The highest BCUT2D eigenvalue weighted by Gasteiger charge is 2.44. The van der Waals surface area contributed by atoms with Crippen LogP contribution in [0.2, 0.25) is 0 Å². The summed E-state index contributed by atoms with van der Waals surface area (Å²) in [6.45, 7) is 10.2. The van der Waals surface area contributed by atoms with Gasteiger partial charge < -0.3 is 0 Å². The van der Waals surface area contributed by atoms with Gasteiger partial charge in [-0.3, -0.25) is 5.32 Å². The highest BCUT2D eigenvalue weighted by atomic mass is 32.2. The molecule has 0 radical (unpaired) electrons. The van der Waals surface area contributed by atoms with Crippen LogP contribution in [0.25, 0.3) is 0 Å². The molecule has 21 heavy (non-hydrogen) atoms. The molecule has 114 valence electrons. The Labute approximate surface area is 130 Å². The van der Waals surface area contributed by atoms with E-state index in [-0.39, 0.29) is 28.5 Å². The van der Waals surface area contributed by atoms with Gasteiger partial charge in [-0.1, -0.05) is 18.2 Å². The number of benzene rings is 1. The van der Waals surface area contributed by atoms with Crippen LogP contribution in [0, 0.1) is 0 Å². The molecule has 1 unspecified atom stereocenters. The van der Waals surface area contributed by atoms with Crippen LogP contribution in [-0.4, -0.2) is 33.6 Å². The van der Waals surface area contributed by atoms with E-state index in [4.69, 9.17) is 4.99 Å². The van der Waals surface area contributed by atoms with Gasteiger partial charge in [0, 0.05) is 6.04 Å². The molecule has 1 atom stereocenters. The predicted octanol–water partition coefficient (Wildman–Crippen LogP) is 3.21. The summed E-state index contributed by atoms with van der Waals surface area (Å²) >= 11 is 0. The molecule has 4 nitrogen and oxygen atoms in total. The van der Waals surface area contributed by atoms with Crippen LogP contribution >= 0.6 is 0 Å². The van der Waals surface area contributed by atoms with Gasteiger partial charge >= 0.3 is 11.2 Å². The van der Waals surface area contributed by atoms with Crippen molar-refractivity contribution in [3.63, 3.8) is 0 Å². The number of carbonyl (C=O) groups excluding carboxylic acids is 1. The SMILES string of the molecule is CC(C)N1C(=O)NC[S+](c2ccccc2)C1=NC(C)(C)C. The summed E-state index contributed by atoms with van der Waals surface area (Å²) in [7, 11) is -0.220. The summed E-state index contributed by atoms with van der Waals surface area (Å²) < 4.78 is 0. The molecule has 1 fully saturated rings. The highest BCUT2D eigenvalue weighted by molar-refractivity contribution is 8.11. The third kappa shape index (κ3) is 3.79. The van der Waals surface area contributed by atoms with Gasteiger partial charge in [-0.25, -0.2) is 14.7 Å². The lowest BCUT2D eigenvalue weighted by atomic mass is 10.1. The number of hydrogen-bond donors (Lipinski definition) is 1. The number of nitrogens with zero attached hydrogens (tertiary/aromatic N) is 2. The molecule has 0 saturated carbocycles. The number of amides is 2. The van der Waals surface area contributed by atoms with E-state index in [2.05, 4.69) is 38.2 Å². The number of hydrogen-bond acceptors (Lipinski definition) is 2. The van der Waals surface area contributed by atoms with Gasteiger partial charge in [-0.05, 0) is 46.8 Å². The molecule has 1 heterocycles. The molecule has 2 amide bonds. The molecule has 0 bridgehead atoms. The zero-order chi connectivity index (χ0) is 15.6. The van der Waals surface area contributed by atoms with Crippen molar-refractivity contribution in [2.45, 2.75) is 51.1 Å². The van der Waals surface area contributed by atoms with Gasteiger partial charge in [0.15, 0.2) is 10.8 Å². The Balaban J connectivity index is 2.48. The van der Waals surface area contributed by atoms with E-state index >= 15 is 0 Å². The van der Waals surface area contributed by atoms with E-state index in [9.17, 15) is 4.79 Å². The maximum atomic E-state index is 12.2. The quantitative estimate of drug-likeness (QED) is 0.838. The Morgan fingerprint density at radius 2 is 1.86 bits per heavy atom. The first kappa shape index (κ1) is 15.9. The van der Waals surface area contributed by atoms with Gasteiger partial charge in [-0.2, -0.15) is 0 Å². The van der Waals surface area contributed by atoms with Crippen molar-refractivity contribution in [3.05, 3.63) is 30.3 Å². The second-order valence-corrected chi connectivity index (χ2v) is 8.27. The van der Waals surface area contributed by atoms with Gasteiger partial charge in [0.1, 0.15) is 10.9 Å². The van der Waals surface area contributed by atoms with Gasteiger partial charge in [0.25, 0.3) is 0 Å². The fraction of sp³-hybridized carbons (Fsp3) is 0.500. The van der Waals surface area contributed by atoms with E-state index in [1.165, 1.54) is 4.90 Å². The number of aliphatic imine (C=N–C) groups is 1. The lowest BCUT2D eigenvalue weighted by molar-refractivity contribution is 0.214. The number of carbonyl (C=O) groups is 1. The van der Waals surface area contributed by atoms with Crippen molar-refractivity contribution < 1.29 is 4.79 Å². The van der Waals surface area contributed by atoms with E-state index in [0.717, 1.165) is 5.17 Å². The minimum atomic E-state index is -0.220. The number of nitrogens with one attached hydrogen (secondary N) is 1. The van der Waals surface area contributed by atoms with Crippen LogP contribution in [-0.2, 0) is 10.9 Å².